The van der Waals surface area contributed by atoms with E-state index in [1.807, 2.05) is 32.0 Å². The van der Waals surface area contributed by atoms with Gasteiger partial charge in [0.1, 0.15) is 5.41 Å². The first-order valence-corrected chi connectivity index (χ1v) is 8.75. The van der Waals surface area contributed by atoms with Gasteiger partial charge in [-0.2, -0.15) is 0 Å². The third-order valence-corrected chi connectivity index (χ3v) is 4.84. The molecule has 0 heterocycles. The molecule has 0 saturated heterocycles. The molecule has 140 valence electrons. The SMILES string of the molecule is COC(=O)c1ccccc1NC(=O)C1(C(=O)Nc2cc(C)ccc2C)CC1. The maximum absolute atomic E-state index is 12.8. The number of anilines is 2. The lowest BCUT2D eigenvalue weighted by Crippen LogP contribution is -2.36. The number of ether oxygens (including phenoxy) is 1. The Morgan fingerprint density at radius 2 is 1.56 bits per heavy atom. The average molecular weight is 366 g/mol. The van der Waals surface area contributed by atoms with E-state index < -0.39 is 17.3 Å². The van der Waals surface area contributed by atoms with Crippen LogP contribution in [-0.2, 0) is 14.3 Å². The molecule has 0 aliphatic heterocycles. The lowest BCUT2D eigenvalue weighted by atomic mass is 10.0. The third kappa shape index (κ3) is 3.69. The Balaban J connectivity index is 1.78. The van der Waals surface area contributed by atoms with E-state index in [0.29, 0.717) is 24.2 Å². The predicted molar refractivity (Wildman–Crippen MR) is 103 cm³/mol. The number of hydrogen-bond acceptors (Lipinski definition) is 4. The van der Waals surface area contributed by atoms with Crippen LogP contribution in [0.3, 0.4) is 0 Å². The third-order valence-electron chi connectivity index (χ3n) is 4.84. The molecule has 27 heavy (non-hydrogen) atoms. The van der Waals surface area contributed by atoms with Gasteiger partial charge >= 0.3 is 5.97 Å². The van der Waals surface area contributed by atoms with Crippen LogP contribution >= 0.6 is 0 Å². The monoisotopic (exact) mass is 366 g/mol. The Morgan fingerprint density at radius 3 is 2.19 bits per heavy atom. The molecule has 3 rings (SSSR count). The molecule has 0 atom stereocenters. The first-order valence-electron chi connectivity index (χ1n) is 8.75. The molecule has 6 heteroatoms. The molecule has 1 aliphatic carbocycles. The summed E-state index contributed by atoms with van der Waals surface area (Å²) in [6, 6.07) is 12.3. The number of benzene rings is 2. The molecule has 6 nitrogen and oxygen atoms in total. The second-order valence-corrected chi connectivity index (χ2v) is 6.85. The Morgan fingerprint density at radius 1 is 0.926 bits per heavy atom. The maximum atomic E-state index is 12.8. The normalized spacial score (nSPS) is 14.2. The van der Waals surface area contributed by atoms with Crippen molar-refractivity contribution in [2.24, 2.45) is 5.41 Å². The number of aryl methyl sites for hydroxylation is 2. The van der Waals surface area contributed by atoms with Crippen LogP contribution in [-0.4, -0.2) is 24.9 Å². The minimum Gasteiger partial charge on any atom is -0.465 e. The Labute approximate surface area is 157 Å². The Kier molecular flexibility index (Phi) is 4.99. The molecule has 2 N–H and O–H groups in total. The van der Waals surface area contributed by atoms with Gasteiger partial charge in [0.15, 0.2) is 0 Å². The minimum atomic E-state index is -1.11. The molecule has 2 aromatic rings. The second-order valence-electron chi connectivity index (χ2n) is 6.85. The lowest BCUT2D eigenvalue weighted by Gasteiger charge is -2.17. The van der Waals surface area contributed by atoms with Crippen molar-refractivity contribution >= 4 is 29.2 Å². The fourth-order valence-corrected chi connectivity index (χ4v) is 2.92. The van der Waals surface area contributed by atoms with Crippen molar-refractivity contribution in [1.29, 1.82) is 0 Å². The zero-order chi connectivity index (χ0) is 19.6. The van der Waals surface area contributed by atoms with Gasteiger partial charge in [-0.05, 0) is 56.0 Å². The summed E-state index contributed by atoms with van der Waals surface area (Å²) in [6.07, 6.45) is 0.936. The molecule has 0 spiro atoms. The van der Waals surface area contributed by atoms with Crippen molar-refractivity contribution in [3.8, 4) is 0 Å². The van der Waals surface area contributed by atoms with Gasteiger partial charge in [0.25, 0.3) is 0 Å². The van der Waals surface area contributed by atoms with Crippen LogP contribution in [0.25, 0.3) is 0 Å². The maximum Gasteiger partial charge on any atom is 0.339 e. The predicted octanol–water partition coefficient (Wildman–Crippen LogP) is 3.45. The lowest BCUT2D eigenvalue weighted by molar-refractivity contribution is -0.131. The van der Waals surface area contributed by atoms with Gasteiger partial charge in [-0.1, -0.05) is 24.3 Å². The van der Waals surface area contributed by atoms with Gasteiger partial charge in [-0.15, -0.1) is 0 Å². The second kappa shape index (κ2) is 7.23. The first-order chi connectivity index (χ1) is 12.9. The Hall–Kier alpha value is -3.15. The van der Waals surface area contributed by atoms with E-state index in [1.165, 1.54) is 7.11 Å². The van der Waals surface area contributed by atoms with E-state index in [4.69, 9.17) is 4.74 Å². The highest BCUT2D eigenvalue weighted by molar-refractivity contribution is 6.17. The smallest absolute Gasteiger partial charge is 0.339 e. The van der Waals surface area contributed by atoms with Crippen molar-refractivity contribution in [2.45, 2.75) is 26.7 Å². The average Bonchev–Trinajstić information content (AvgIpc) is 3.46. The molecule has 1 fully saturated rings. The van der Waals surface area contributed by atoms with Crippen molar-refractivity contribution in [3.63, 3.8) is 0 Å². The van der Waals surface area contributed by atoms with E-state index in [0.717, 1.165) is 11.1 Å². The van der Waals surface area contributed by atoms with Gasteiger partial charge in [0, 0.05) is 5.69 Å². The zero-order valence-electron chi connectivity index (χ0n) is 15.6. The molecule has 0 radical (unpaired) electrons. The van der Waals surface area contributed by atoms with Gasteiger partial charge in [-0.25, -0.2) is 4.79 Å². The van der Waals surface area contributed by atoms with E-state index in [1.54, 1.807) is 24.3 Å². The molecule has 1 saturated carbocycles. The van der Waals surface area contributed by atoms with Crippen molar-refractivity contribution in [3.05, 3.63) is 59.2 Å². The van der Waals surface area contributed by atoms with E-state index in [9.17, 15) is 14.4 Å². The van der Waals surface area contributed by atoms with E-state index >= 15 is 0 Å². The van der Waals surface area contributed by atoms with Gasteiger partial charge in [0.2, 0.25) is 11.8 Å². The summed E-state index contributed by atoms with van der Waals surface area (Å²) in [7, 11) is 1.28. The topological polar surface area (TPSA) is 84.5 Å². The number of para-hydroxylation sites is 1. The van der Waals surface area contributed by atoms with Crippen LogP contribution in [0.4, 0.5) is 11.4 Å². The number of rotatable bonds is 5. The number of carbonyl (C=O) groups excluding carboxylic acids is 3. The fourth-order valence-electron chi connectivity index (χ4n) is 2.92. The summed E-state index contributed by atoms with van der Waals surface area (Å²) < 4.78 is 4.74. The number of amides is 2. The van der Waals surface area contributed by atoms with E-state index in [-0.39, 0.29) is 11.5 Å². The van der Waals surface area contributed by atoms with Crippen molar-refractivity contribution in [1.82, 2.24) is 0 Å². The van der Waals surface area contributed by atoms with Crippen LogP contribution in [0.1, 0.15) is 34.3 Å². The molecule has 0 bridgehead atoms. The summed E-state index contributed by atoms with van der Waals surface area (Å²) in [6.45, 7) is 3.85. The summed E-state index contributed by atoms with van der Waals surface area (Å²) >= 11 is 0. The highest BCUT2D eigenvalue weighted by atomic mass is 16.5. The van der Waals surface area contributed by atoms with Crippen LogP contribution in [0.15, 0.2) is 42.5 Å². The number of methoxy groups -OCH3 is 1. The standard InChI is InChI=1S/C21H22N2O4/c1-13-8-9-14(2)17(12-13)23-20(26)21(10-11-21)19(25)22-16-7-5-4-6-15(16)18(24)27-3/h4-9,12H,10-11H2,1-3H3,(H,22,25)(H,23,26). The van der Waals surface area contributed by atoms with Crippen molar-refractivity contribution < 1.29 is 19.1 Å². The molecule has 1 aliphatic rings. The minimum absolute atomic E-state index is 0.249. The highest BCUT2D eigenvalue weighted by Crippen LogP contribution is 2.47. The molecule has 2 amide bonds. The number of nitrogens with one attached hydrogen (secondary N) is 2. The quantitative estimate of drug-likeness (QED) is 0.627. The fraction of sp³-hybridized carbons (Fsp3) is 0.286. The van der Waals surface area contributed by atoms with Crippen molar-refractivity contribution in [2.75, 3.05) is 17.7 Å². The Bertz CT molecular complexity index is 916. The molecule has 0 aromatic heterocycles. The number of carbonyl (C=O) groups is 3. The molecule has 2 aromatic carbocycles. The summed E-state index contributed by atoms with van der Waals surface area (Å²) in [5.74, 6) is -1.29. The highest BCUT2D eigenvalue weighted by Gasteiger charge is 2.56. The number of hydrogen-bond donors (Lipinski definition) is 2. The first kappa shape index (κ1) is 18.6. The molecular formula is C21H22N2O4. The van der Waals surface area contributed by atoms with Crippen LogP contribution < -0.4 is 10.6 Å². The van der Waals surface area contributed by atoms with Crippen LogP contribution in [0, 0.1) is 19.3 Å². The van der Waals surface area contributed by atoms with Gasteiger partial charge < -0.3 is 15.4 Å². The summed E-state index contributed by atoms with van der Waals surface area (Å²) in [4.78, 5) is 37.5. The molecule has 0 unspecified atom stereocenters. The van der Waals surface area contributed by atoms with Crippen LogP contribution in [0.5, 0.6) is 0 Å². The van der Waals surface area contributed by atoms with Gasteiger partial charge in [0.05, 0.1) is 18.4 Å². The summed E-state index contributed by atoms with van der Waals surface area (Å²) in [5, 5.41) is 5.60. The van der Waals surface area contributed by atoms with E-state index in [2.05, 4.69) is 10.6 Å². The summed E-state index contributed by atoms with van der Waals surface area (Å²) in [5.41, 5.74) is 2.13. The zero-order valence-corrected chi connectivity index (χ0v) is 15.6. The largest absolute Gasteiger partial charge is 0.465 e. The number of esters is 1. The molecular weight excluding hydrogens is 344 g/mol. The van der Waals surface area contributed by atoms with Gasteiger partial charge in [-0.3, -0.25) is 9.59 Å². The van der Waals surface area contributed by atoms with Crippen LogP contribution in [0.2, 0.25) is 0 Å².